The molecule has 1 unspecified atom stereocenters. The molecule has 0 heterocycles. The summed E-state index contributed by atoms with van der Waals surface area (Å²) in [5.41, 5.74) is 7.50. The molecule has 0 aliphatic carbocycles. The summed E-state index contributed by atoms with van der Waals surface area (Å²) in [5.74, 6) is 0.551. The van der Waals surface area contributed by atoms with Gasteiger partial charge in [-0.3, -0.25) is 4.79 Å². The highest BCUT2D eigenvalue weighted by Crippen LogP contribution is 2.25. The van der Waals surface area contributed by atoms with Gasteiger partial charge in [0.1, 0.15) is 5.75 Å². The minimum Gasteiger partial charge on any atom is -0.495 e. The fourth-order valence-corrected chi connectivity index (χ4v) is 1.44. The van der Waals surface area contributed by atoms with Crippen molar-refractivity contribution in [1.29, 1.82) is 0 Å². The van der Waals surface area contributed by atoms with Crippen molar-refractivity contribution in [3.8, 4) is 5.75 Å². The average Bonchev–Trinajstić information content (AvgIpc) is 2.28. The van der Waals surface area contributed by atoms with Crippen LogP contribution in [-0.4, -0.2) is 19.1 Å². The average molecular weight is 236 g/mol. The fraction of sp³-hybridized carbons (Fsp3) is 0.462. The van der Waals surface area contributed by atoms with E-state index < -0.39 is 6.04 Å². The Balaban J connectivity index is 2.87. The number of benzene rings is 1. The van der Waals surface area contributed by atoms with Crippen LogP contribution < -0.4 is 15.8 Å². The number of amides is 1. The second-order valence-electron chi connectivity index (χ2n) is 4.46. The van der Waals surface area contributed by atoms with Gasteiger partial charge in [-0.2, -0.15) is 0 Å². The molecule has 0 aliphatic heterocycles. The molecule has 0 aromatic heterocycles. The maximum Gasteiger partial charge on any atom is 0.241 e. The molecular weight excluding hydrogens is 216 g/mol. The number of carbonyl (C=O) groups excluding carboxylic acids is 1. The lowest BCUT2D eigenvalue weighted by Crippen LogP contribution is -2.39. The Morgan fingerprint density at radius 3 is 2.59 bits per heavy atom. The third-order valence-corrected chi connectivity index (χ3v) is 2.63. The van der Waals surface area contributed by atoms with Gasteiger partial charge in [0.2, 0.25) is 5.91 Å². The van der Waals surface area contributed by atoms with Crippen LogP contribution in [0.3, 0.4) is 0 Å². The van der Waals surface area contributed by atoms with Crippen molar-refractivity contribution in [2.45, 2.75) is 26.8 Å². The standard InChI is InChI=1S/C13H20N2O2/c1-8(2)12(14)13(16)15-10-7-9(3)5-6-11(10)17-4/h5-8,12H,14H2,1-4H3,(H,15,16). The van der Waals surface area contributed by atoms with Gasteiger partial charge in [0.25, 0.3) is 0 Å². The number of hydrogen-bond acceptors (Lipinski definition) is 3. The number of carbonyl (C=O) groups is 1. The minimum absolute atomic E-state index is 0.103. The smallest absolute Gasteiger partial charge is 0.241 e. The molecular formula is C13H20N2O2. The van der Waals surface area contributed by atoms with Crippen LogP contribution in [0.15, 0.2) is 18.2 Å². The van der Waals surface area contributed by atoms with E-state index in [-0.39, 0.29) is 11.8 Å². The first-order valence-electron chi connectivity index (χ1n) is 5.66. The summed E-state index contributed by atoms with van der Waals surface area (Å²) in [5, 5.41) is 2.79. The molecule has 3 N–H and O–H groups in total. The first-order chi connectivity index (χ1) is 7.95. The largest absolute Gasteiger partial charge is 0.495 e. The molecule has 4 heteroatoms. The van der Waals surface area contributed by atoms with E-state index in [1.54, 1.807) is 7.11 Å². The molecule has 1 amide bonds. The molecule has 0 spiro atoms. The second-order valence-corrected chi connectivity index (χ2v) is 4.46. The van der Waals surface area contributed by atoms with Crippen molar-refractivity contribution >= 4 is 11.6 Å². The summed E-state index contributed by atoms with van der Waals surface area (Å²) in [6.45, 7) is 5.78. The molecule has 1 aromatic rings. The van der Waals surface area contributed by atoms with Gasteiger partial charge in [-0.1, -0.05) is 19.9 Å². The Morgan fingerprint density at radius 1 is 1.41 bits per heavy atom. The Labute approximate surface area is 102 Å². The molecule has 0 saturated heterocycles. The molecule has 94 valence electrons. The van der Waals surface area contributed by atoms with Crippen LogP contribution in [0.2, 0.25) is 0 Å². The minimum atomic E-state index is -0.514. The Bertz CT molecular complexity index is 402. The SMILES string of the molecule is COc1ccc(C)cc1NC(=O)C(N)C(C)C. The molecule has 17 heavy (non-hydrogen) atoms. The number of ether oxygens (including phenoxy) is 1. The van der Waals surface area contributed by atoms with Crippen molar-refractivity contribution < 1.29 is 9.53 Å². The van der Waals surface area contributed by atoms with Gasteiger partial charge < -0.3 is 15.8 Å². The highest BCUT2D eigenvalue weighted by molar-refractivity contribution is 5.96. The number of aryl methyl sites for hydroxylation is 1. The van der Waals surface area contributed by atoms with Gasteiger partial charge in [-0.05, 0) is 30.5 Å². The number of hydrogen-bond donors (Lipinski definition) is 2. The molecule has 1 aromatic carbocycles. The van der Waals surface area contributed by atoms with Crippen LogP contribution in [-0.2, 0) is 4.79 Å². The molecule has 0 aliphatic rings. The molecule has 1 atom stereocenters. The third kappa shape index (κ3) is 3.46. The van der Waals surface area contributed by atoms with Crippen LogP contribution in [0.4, 0.5) is 5.69 Å². The Hall–Kier alpha value is -1.55. The highest BCUT2D eigenvalue weighted by atomic mass is 16.5. The van der Waals surface area contributed by atoms with Gasteiger partial charge in [0, 0.05) is 0 Å². The molecule has 0 bridgehead atoms. The summed E-state index contributed by atoms with van der Waals surface area (Å²) in [6.07, 6.45) is 0. The maximum absolute atomic E-state index is 11.8. The maximum atomic E-state index is 11.8. The monoisotopic (exact) mass is 236 g/mol. The van der Waals surface area contributed by atoms with Crippen LogP contribution >= 0.6 is 0 Å². The Kier molecular flexibility index (Phi) is 4.52. The van der Waals surface area contributed by atoms with Crippen LogP contribution in [0.5, 0.6) is 5.75 Å². The first kappa shape index (κ1) is 13.5. The normalized spacial score (nSPS) is 12.4. The topological polar surface area (TPSA) is 64.3 Å². The quantitative estimate of drug-likeness (QED) is 0.839. The zero-order valence-electron chi connectivity index (χ0n) is 10.8. The molecule has 0 saturated carbocycles. The number of anilines is 1. The van der Waals surface area contributed by atoms with E-state index in [2.05, 4.69) is 5.32 Å². The number of nitrogens with two attached hydrogens (primary N) is 1. The summed E-state index contributed by atoms with van der Waals surface area (Å²) in [7, 11) is 1.57. The molecule has 0 radical (unpaired) electrons. The van der Waals surface area contributed by atoms with Crippen molar-refractivity contribution in [1.82, 2.24) is 0 Å². The van der Waals surface area contributed by atoms with E-state index in [1.807, 2.05) is 39.0 Å². The summed E-state index contributed by atoms with van der Waals surface area (Å²) in [6, 6.07) is 5.10. The fourth-order valence-electron chi connectivity index (χ4n) is 1.44. The van der Waals surface area contributed by atoms with E-state index in [1.165, 1.54) is 0 Å². The second kappa shape index (κ2) is 5.68. The zero-order chi connectivity index (χ0) is 13.0. The van der Waals surface area contributed by atoms with E-state index in [0.717, 1.165) is 5.56 Å². The Morgan fingerprint density at radius 2 is 2.06 bits per heavy atom. The van der Waals surface area contributed by atoms with Gasteiger partial charge in [0.15, 0.2) is 0 Å². The summed E-state index contributed by atoms with van der Waals surface area (Å²) >= 11 is 0. The van der Waals surface area contributed by atoms with E-state index in [4.69, 9.17) is 10.5 Å². The van der Waals surface area contributed by atoms with Gasteiger partial charge >= 0.3 is 0 Å². The lowest BCUT2D eigenvalue weighted by atomic mass is 10.0. The van der Waals surface area contributed by atoms with Gasteiger partial charge in [-0.25, -0.2) is 0 Å². The first-order valence-corrected chi connectivity index (χ1v) is 5.66. The van der Waals surface area contributed by atoms with Crippen LogP contribution in [0, 0.1) is 12.8 Å². The van der Waals surface area contributed by atoms with Crippen molar-refractivity contribution in [2.24, 2.45) is 11.7 Å². The summed E-state index contributed by atoms with van der Waals surface area (Å²) in [4.78, 5) is 11.8. The van der Waals surface area contributed by atoms with Crippen molar-refractivity contribution in [3.63, 3.8) is 0 Å². The lowest BCUT2D eigenvalue weighted by molar-refractivity contribution is -0.118. The van der Waals surface area contributed by atoms with E-state index in [9.17, 15) is 4.79 Å². The lowest BCUT2D eigenvalue weighted by Gasteiger charge is -2.17. The van der Waals surface area contributed by atoms with Crippen LogP contribution in [0.25, 0.3) is 0 Å². The molecule has 0 fully saturated rings. The van der Waals surface area contributed by atoms with Crippen molar-refractivity contribution in [3.05, 3.63) is 23.8 Å². The van der Waals surface area contributed by atoms with Crippen molar-refractivity contribution in [2.75, 3.05) is 12.4 Å². The number of methoxy groups -OCH3 is 1. The number of rotatable bonds is 4. The van der Waals surface area contributed by atoms with Gasteiger partial charge in [0.05, 0.1) is 18.8 Å². The summed E-state index contributed by atoms with van der Waals surface area (Å²) < 4.78 is 5.19. The predicted molar refractivity (Wildman–Crippen MR) is 69.2 cm³/mol. The number of nitrogens with one attached hydrogen (secondary N) is 1. The highest BCUT2D eigenvalue weighted by Gasteiger charge is 2.18. The van der Waals surface area contributed by atoms with E-state index >= 15 is 0 Å². The van der Waals surface area contributed by atoms with Gasteiger partial charge in [-0.15, -0.1) is 0 Å². The van der Waals surface area contributed by atoms with E-state index in [0.29, 0.717) is 11.4 Å². The van der Waals surface area contributed by atoms with Crippen LogP contribution in [0.1, 0.15) is 19.4 Å². The molecule has 4 nitrogen and oxygen atoms in total. The zero-order valence-corrected chi connectivity index (χ0v) is 10.8. The predicted octanol–water partition coefficient (Wildman–Crippen LogP) is 1.93. The molecule has 1 rings (SSSR count). The third-order valence-electron chi connectivity index (χ3n) is 2.63.